The van der Waals surface area contributed by atoms with Gasteiger partial charge in [0.2, 0.25) is 5.43 Å². The van der Waals surface area contributed by atoms with Crippen LogP contribution in [0, 0.1) is 0 Å². The fraction of sp³-hybridized carbons (Fsp3) is 0.286. The first kappa shape index (κ1) is 11.3. The van der Waals surface area contributed by atoms with Gasteiger partial charge in [-0.1, -0.05) is 46.7 Å². The minimum absolute atomic E-state index is 0.0512. The highest BCUT2D eigenvalue weighted by molar-refractivity contribution is 7.99. The summed E-state index contributed by atoms with van der Waals surface area (Å²) >= 11 is 14.0. The summed E-state index contributed by atoms with van der Waals surface area (Å²) in [6, 6.07) is 0. The Morgan fingerprint density at radius 2 is 1.46 bits per heavy atom. The Labute approximate surface area is 94.0 Å². The van der Waals surface area contributed by atoms with Crippen LogP contribution in [0.25, 0.3) is 0 Å². The zero-order chi connectivity index (χ0) is 10.0. The van der Waals surface area contributed by atoms with E-state index in [1.54, 1.807) is 12.5 Å². The van der Waals surface area contributed by atoms with Gasteiger partial charge in [-0.15, -0.1) is 0 Å². The molecule has 0 N–H and O–H groups in total. The molecule has 0 aromatic carbocycles. The predicted octanol–water partition coefficient (Wildman–Crippen LogP) is 3.39. The third-order valence-electron chi connectivity index (χ3n) is 1.31. The highest BCUT2D eigenvalue weighted by Crippen LogP contribution is 2.31. The molecule has 1 rings (SSSR count). The predicted molar refractivity (Wildman–Crippen MR) is 58.6 cm³/mol. The van der Waals surface area contributed by atoms with Crippen LogP contribution in [0.5, 0.6) is 0 Å². The smallest absolute Gasteiger partial charge is 0.224 e. The van der Waals surface area contributed by atoms with Gasteiger partial charge in [0, 0.05) is 0 Å². The number of halogens is 2. The molecule has 6 heteroatoms. The van der Waals surface area contributed by atoms with Crippen molar-refractivity contribution in [3.63, 3.8) is 0 Å². The van der Waals surface area contributed by atoms with E-state index >= 15 is 0 Å². The number of hydrogen-bond donors (Lipinski definition) is 0. The molecular weight excluding hydrogens is 251 g/mol. The summed E-state index contributed by atoms with van der Waals surface area (Å²) in [7, 11) is 0. The van der Waals surface area contributed by atoms with Crippen molar-refractivity contribution in [3.05, 3.63) is 20.3 Å². The van der Waals surface area contributed by atoms with Crippen LogP contribution in [0.2, 0.25) is 10.0 Å². The summed E-state index contributed by atoms with van der Waals surface area (Å²) in [5.74, 6) is 0. The maximum atomic E-state index is 11.4. The number of hydrogen-bond acceptors (Lipinski definition) is 4. The maximum Gasteiger partial charge on any atom is 0.224 e. The SMILES string of the molecule is CSc1oc(SC)c(Cl)c(=O)c1Cl. The quantitative estimate of drug-likeness (QED) is 0.760. The Bertz CT molecular complexity index is 344. The topological polar surface area (TPSA) is 30.2 Å². The van der Waals surface area contributed by atoms with Gasteiger partial charge in [-0.05, 0) is 12.5 Å². The van der Waals surface area contributed by atoms with Crippen LogP contribution in [0.15, 0.2) is 19.4 Å². The molecule has 0 unspecified atom stereocenters. The summed E-state index contributed by atoms with van der Waals surface area (Å²) in [5.41, 5.74) is -0.372. The molecule has 0 aliphatic carbocycles. The molecule has 0 atom stereocenters. The van der Waals surface area contributed by atoms with Crippen molar-refractivity contribution in [1.82, 2.24) is 0 Å². The van der Waals surface area contributed by atoms with Gasteiger partial charge >= 0.3 is 0 Å². The zero-order valence-corrected chi connectivity index (χ0v) is 10.0. The Kier molecular flexibility index (Phi) is 4.04. The van der Waals surface area contributed by atoms with Gasteiger partial charge in [0.05, 0.1) is 0 Å². The summed E-state index contributed by atoms with van der Waals surface area (Å²) in [5, 5.41) is 0.909. The second kappa shape index (κ2) is 4.64. The van der Waals surface area contributed by atoms with Gasteiger partial charge in [-0.2, -0.15) is 0 Å². The second-order valence-corrected chi connectivity index (χ2v) is 4.36. The molecule has 0 saturated heterocycles. The van der Waals surface area contributed by atoms with Crippen molar-refractivity contribution in [3.8, 4) is 0 Å². The largest absolute Gasteiger partial charge is 0.440 e. The molecule has 0 bridgehead atoms. The van der Waals surface area contributed by atoms with Gasteiger partial charge in [-0.3, -0.25) is 4.79 Å². The molecule has 0 fully saturated rings. The molecule has 0 saturated carbocycles. The van der Waals surface area contributed by atoms with Crippen LogP contribution in [-0.4, -0.2) is 12.5 Å². The average molecular weight is 257 g/mol. The minimum Gasteiger partial charge on any atom is -0.440 e. The fourth-order valence-electron chi connectivity index (χ4n) is 0.718. The van der Waals surface area contributed by atoms with E-state index in [1.807, 2.05) is 0 Å². The van der Waals surface area contributed by atoms with Crippen LogP contribution in [0.3, 0.4) is 0 Å². The monoisotopic (exact) mass is 256 g/mol. The first-order chi connectivity index (χ1) is 6.11. The lowest BCUT2D eigenvalue weighted by Crippen LogP contribution is -2.04. The van der Waals surface area contributed by atoms with Crippen molar-refractivity contribution in [2.24, 2.45) is 0 Å². The lowest BCUT2D eigenvalue weighted by molar-refractivity contribution is 0.373. The van der Waals surface area contributed by atoms with Crippen LogP contribution in [-0.2, 0) is 0 Å². The summed E-state index contributed by atoms with van der Waals surface area (Å²) in [6.45, 7) is 0. The molecule has 0 aliphatic heterocycles. The maximum absolute atomic E-state index is 11.4. The lowest BCUT2D eigenvalue weighted by Gasteiger charge is -2.03. The van der Waals surface area contributed by atoms with Crippen molar-refractivity contribution in [2.75, 3.05) is 12.5 Å². The zero-order valence-electron chi connectivity index (χ0n) is 6.89. The van der Waals surface area contributed by atoms with Crippen LogP contribution < -0.4 is 5.43 Å². The lowest BCUT2D eigenvalue weighted by atomic mass is 10.5. The third-order valence-corrected chi connectivity index (χ3v) is 3.54. The number of rotatable bonds is 2. The van der Waals surface area contributed by atoms with Crippen molar-refractivity contribution < 1.29 is 4.42 Å². The third kappa shape index (κ3) is 2.18. The van der Waals surface area contributed by atoms with E-state index < -0.39 is 0 Å². The Morgan fingerprint density at radius 3 is 1.77 bits per heavy atom. The molecule has 1 heterocycles. The molecule has 0 aliphatic rings. The first-order valence-corrected chi connectivity index (χ1v) is 6.42. The van der Waals surface area contributed by atoms with E-state index in [-0.39, 0.29) is 15.5 Å². The normalized spacial score (nSPS) is 10.5. The highest BCUT2D eigenvalue weighted by Gasteiger charge is 2.15. The van der Waals surface area contributed by atoms with Crippen molar-refractivity contribution in [2.45, 2.75) is 10.2 Å². The number of thioether (sulfide) groups is 2. The van der Waals surface area contributed by atoms with Gasteiger partial charge in [0.15, 0.2) is 10.2 Å². The Balaban J connectivity index is 3.46. The molecule has 1 aromatic rings. The van der Waals surface area contributed by atoms with Crippen LogP contribution in [0.1, 0.15) is 0 Å². The highest BCUT2D eigenvalue weighted by atomic mass is 35.5. The Hall–Kier alpha value is 0.230. The van der Waals surface area contributed by atoms with Gasteiger partial charge < -0.3 is 4.42 Å². The van der Waals surface area contributed by atoms with Crippen molar-refractivity contribution in [1.29, 1.82) is 0 Å². The van der Waals surface area contributed by atoms with Crippen LogP contribution in [0.4, 0.5) is 0 Å². The molecule has 2 nitrogen and oxygen atoms in total. The molecule has 72 valence electrons. The first-order valence-electron chi connectivity index (χ1n) is 3.22. The fourth-order valence-corrected chi connectivity index (χ4v) is 2.43. The second-order valence-electron chi connectivity index (χ2n) is 2.04. The molecule has 1 aromatic heterocycles. The van der Waals surface area contributed by atoms with E-state index in [0.717, 1.165) is 0 Å². The van der Waals surface area contributed by atoms with Crippen LogP contribution >= 0.6 is 46.7 Å². The van der Waals surface area contributed by atoms with Gasteiger partial charge in [-0.25, -0.2) is 0 Å². The molecular formula is C7H6Cl2O2S2. The summed E-state index contributed by atoms with van der Waals surface area (Å²) < 4.78 is 5.28. The Morgan fingerprint density at radius 1 is 1.08 bits per heavy atom. The van der Waals surface area contributed by atoms with E-state index in [2.05, 4.69) is 0 Å². The van der Waals surface area contributed by atoms with Gasteiger partial charge in [0.25, 0.3) is 0 Å². The summed E-state index contributed by atoms with van der Waals surface area (Å²) in [6.07, 6.45) is 3.56. The standard InChI is InChI=1S/C7H6Cl2O2S2/c1-12-6-3(8)5(10)4(9)7(11-6)13-2/h1-2H3. The van der Waals surface area contributed by atoms with E-state index in [1.165, 1.54) is 23.5 Å². The molecule has 13 heavy (non-hydrogen) atoms. The molecule has 0 amide bonds. The van der Waals surface area contributed by atoms with Crippen molar-refractivity contribution >= 4 is 46.7 Å². The van der Waals surface area contributed by atoms with E-state index in [0.29, 0.717) is 10.2 Å². The van der Waals surface area contributed by atoms with E-state index in [9.17, 15) is 4.79 Å². The van der Waals surface area contributed by atoms with Gasteiger partial charge in [0.1, 0.15) is 10.0 Å². The molecule has 0 radical (unpaired) electrons. The minimum atomic E-state index is -0.372. The van der Waals surface area contributed by atoms with E-state index in [4.69, 9.17) is 27.6 Å². The summed E-state index contributed by atoms with van der Waals surface area (Å²) in [4.78, 5) is 11.4. The molecule has 0 spiro atoms. The average Bonchev–Trinajstić information content (AvgIpc) is 2.15.